The van der Waals surface area contributed by atoms with Crippen LogP contribution in [-0.4, -0.2) is 60.1 Å². The molecule has 3 amide bonds. The van der Waals surface area contributed by atoms with Crippen LogP contribution in [0.3, 0.4) is 0 Å². The summed E-state index contributed by atoms with van der Waals surface area (Å²) in [4.78, 5) is 53.5. The van der Waals surface area contributed by atoms with Crippen LogP contribution in [0.1, 0.15) is 52.0 Å². The van der Waals surface area contributed by atoms with E-state index in [9.17, 15) is 19.2 Å². The quantitative estimate of drug-likeness (QED) is 0.304. The largest absolute Gasteiger partial charge is 0.354 e. The van der Waals surface area contributed by atoms with Crippen molar-refractivity contribution in [3.05, 3.63) is 48.0 Å². The van der Waals surface area contributed by atoms with E-state index >= 15 is 0 Å². The normalized spacial score (nSPS) is 16.1. The number of amides is 3. The van der Waals surface area contributed by atoms with Gasteiger partial charge in [-0.15, -0.1) is 12.4 Å². The van der Waals surface area contributed by atoms with Crippen LogP contribution in [0, 0.1) is 5.41 Å². The predicted molar refractivity (Wildman–Crippen MR) is 147 cm³/mol. The minimum absolute atomic E-state index is 0. The molecule has 3 rings (SSSR count). The third-order valence-electron chi connectivity index (χ3n) is 7.08. The van der Waals surface area contributed by atoms with E-state index in [1.165, 1.54) is 4.90 Å². The van der Waals surface area contributed by atoms with E-state index in [0.29, 0.717) is 51.7 Å². The van der Waals surface area contributed by atoms with Crippen LogP contribution in [0.25, 0.3) is 10.8 Å². The van der Waals surface area contributed by atoms with Crippen LogP contribution in [0.2, 0.25) is 0 Å². The van der Waals surface area contributed by atoms with E-state index in [1.54, 1.807) is 13.8 Å². The van der Waals surface area contributed by atoms with Gasteiger partial charge in [0, 0.05) is 24.9 Å². The van der Waals surface area contributed by atoms with E-state index in [2.05, 4.69) is 10.6 Å². The molecule has 1 aliphatic rings. The van der Waals surface area contributed by atoms with Gasteiger partial charge in [-0.3, -0.25) is 19.2 Å². The van der Waals surface area contributed by atoms with Gasteiger partial charge in [0.05, 0.1) is 0 Å². The van der Waals surface area contributed by atoms with Crippen LogP contribution in [-0.2, 0) is 25.6 Å². The van der Waals surface area contributed by atoms with Crippen molar-refractivity contribution >= 4 is 46.7 Å². The van der Waals surface area contributed by atoms with Crippen molar-refractivity contribution in [1.82, 2.24) is 15.5 Å². The highest BCUT2D eigenvalue weighted by molar-refractivity contribution is 6.38. The van der Waals surface area contributed by atoms with Crippen molar-refractivity contribution in [2.24, 2.45) is 11.1 Å². The second kappa shape index (κ2) is 13.5. The van der Waals surface area contributed by atoms with Gasteiger partial charge in [-0.25, -0.2) is 0 Å². The van der Waals surface area contributed by atoms with Crippen molar-refractivity contribution < 1.29 is 19.2 Å². The standard InChI is InChI=1S/C28H38N4O4.ClH/c1-4-28(2,3)24(33)27(36)32-16-7-11-23(32)26(35)31-22(25(34)30-15-8-14-29)18-19-12-13-20-9-5-6-10-21(20)17-19;/h5-6,9-10,12-13,17,22-23H,4,7-8,11,14-16,18,29H2,1-3H3,(H,30,34)(H,31,35);1H/t22-,23?;/m1./s1. The SMILES string of the molecule is CCC(C)(C)C(=O)C(=O)N1CCCC1C(=O)N[C@H](Cc1ccc2ccccc2c1)C(=O)NCCCN.Cl. The van der Waals surface area contributed by atoms with E-state index in [1.807, 2.05) is 49.4 Å². The average Bonchev–Trinajstić information content (AvgIpc) is 3.37. The van der Waals surface area contributed by atoms with Gasteiger partial charge in [-0.05, 0) is 48.6 Å². The molecule has 0 spiro atoms. The number of likely N-dealkylation sites (tertiary alicyclic amines) is 1. The molecule has 0 aromatic heterocycles. The molecule has 2 aromatic rings. The molecule has 4 N–H and O–H groups in total. The minimum Gasteiger partial charge on any atom is -0.354 e. The molecule has 0 bridgehead atoms. The maximum Gasteiger partial charge on any atom is 0.291 e. The summed E-state index contributed by atoms with van der Waals surface area (Å²) in [6, 6.07) is 12.3. The molecule has 1 unspecified atom stereocenters. The highest BCUT2D eigenvalue weighted by Crippen LogP contribution is 2.26. The zero-order chi connectivity index (χ0) is 26.3. The molecule has 2 atom stereocenters. The fourth-order valence-corrected chi connectivity index (χ4v) is 4.38. The van der Waals surface area contributed by atoms with Crippen LogP contribution in [0.15, 0.2) is 42.5 Å². The lowest BCUT2D eigenvalue weighted by Gasteiger charge is -2.29. The molecule has 0 aliphatic carbocycles. The summed E-state index contributed by atoms with van der Waals surface area (Å²) in [5.41, 5.74) is 5.67. The van der Waals surface area contributed by atoms with Crippen LogP contribution < -0.4 is 16.4 Å². The summed E-state index contributed by atoms with van der Waals surface area (Å²) in [5, 5.41) is 7.86. The monoisotopic (exact) mass is 530 g/mol. The van der Waals surface area contributed by atoms with E-state index in [-0.39, 0.29) is 18.3 Å². The molecule has 1 heterocycles. The Hall–Kier alpha value is -2.97. The topological polar surface area (TPSA) is 122 Å². The van der Waals surface area contributed by atoms with Gasteiger partial charge in [0.15, 0.2) is 0 Å². The van der Waals surface area contributed by atoms with Gasteiger partial charge in [0.1, 0.15) is 12.1 Å². The molecular formula is C28H39ClN4O4. The number of benzene rings is 2. The van der Waals surface area contributed by atoms with Crippen molar-refractivity contribution in [3.8, 4) is 0 Å². The molecule has 1 aliphatic heterocycles. The summed E-state index contributed by atoms with van der Waals surface area (Å²) >= 11 is 0. The second-order valence-corrected chi connectivity index (χ2v) is 10.1. The van der Waals surface area contributed by atoms with Gasteiger partial charge in [0.2, 0.25) is 17.6 Å². The van der Waals surface area contributed by atoms with Crippen molar-refractivity contribution in [1.29, 1.82) is 0 Å². The Labute approximate surface area is 225 Å². The predicted octanol–water partition coefficient (Wildman–Crippen LogP) is 2.75. The van der Waals surface area contributed by atoms with E-state index in [0.717, 1.165) is 16.3 Å². The number of Topliss-reactive ketones (excluding diaryl/α,β-unsaturated/α-hetero) is 1. The molecule has 2 aromatic carbocycles. The van der Waals surface area contributed by atoms with Crippen LogP contribution in [0.4, 0.5) is 0 Å². The Balaban J connectivity index is 0.00000481. The number of halogens is 1. The van der Waals surface area contributed by atoms with Crippen molar-refractivity contribution in [2.75, 3.05) is 19.6 Å². The molecule has 0 radical (unpaired) electrons. The number of nitrogens with two attached hydrogens (primary N) is 1. The maximum absolute atomic E-state index is 13.3. The molecular weight excluding hydrogens is 492 g/mol. The number of hydrogen-bond donors (Lipinski definition) is 3. The Morgan fingerprint density at radius 3 is 2.49 bits per heavy atom. The molecule has 37 heavy (non-hydrogen) atoms. The summed E-state index contributed by atoms with van der Waals surface area (Å²) in [6.07, 6.45) is 2.53. The summed E-state index contributed by atoms with van der Waals surface area (Å²) < 4.78 is 0. The first-order valence-corrected chi connectivity index (χ1v) is 12.8. The number of nitrogens with one attached hydrogen (secondary N) is 2. The molecule has 0 saturated carbocycles. The number of carbonyl (C=O) groups is 4. The van der Waals surface area contributed by atoms with Gasteiger partial charge in [-0.1, -0.05) is 63.2 Å². The Morgan fingerprint density at radius 1 is 1.11 bits per heavy atom. The van der Waals surface area contributed by atoms with Crippen LogP contribution >= 0.6 is 12.4 Å². The number of fused-ring (bicyclic) bond motifs is 1. The first kappa shape index (κ1) is 30.3. The highest BCUT2D eigenvalue weighted by Gasteiger charge is 2.41. The van der Waals surface area contributed by atoms with E-state index < -0.39 is 35.1 Å². The molecule has 8 nitrogen and oxygen atoms in total. The second-order valence-electron chi connectivity index (χ2n) is 10.1. The average molecular weight is 531 g/mol. The lowest BCUT2D eigenvalue weighted by Crippen LogP contribution is -2.55. The lowest BCUT2D eigenvalue weighted by atomic mass is 9.84. The lowest BCUT2D eigenvalue weighted by molar-refractivity contribution is -0.151. The Morgan fingerprint density at radius 2 is 1.81 bits per heavy atom. The van der Waals surface area contributed by atoms with Gasteiger partial charge in [0.25, 0.3) is 5.91 Å². The smallest absolute Gasteiger partial charge is 0.291 e. The third kappa shape index (κ3) is 7.52. The fourth-order valence-electron chi connectivity index (χ4n) is 4.38. The highest BCUT2D eigenvalue weighted by atomic mass is 35.5. The number of ketones is 1. The molecule has 202 valence electrons. The maximum atomic E-state index is 13.3. The number of nitrogens with zero attached hydrogens (tertiary/aromatic N) is 1. The first-order valence-electron chi connectivity index (χ1n) is 12.8. The third-order valence-corrected chi connectivity index (χ3v) is 7.08. The zero-order valence-electron chi connectivity index (χ0n) is 21.9. The molecule has 9 heteroatoms. The number of carbonyl (C=O) groups excluding carboxylic acids is 4. The summed E-state index contributed by atoms with van der Waals surface area (Å²) in [5.74, 6) is -1.83. The summed E-state index contributed by atoms with van der Waals surface area (Å²) in [6.45, 7) is 6.55. The van der Waals surface area contributed by atoms with Gasteiger partial charge >= 0.3 is 0 Å². The number of rotatable bonds is 11. The van der Waals surface area contributed by atoms with Crippen molar-refractivity contribution in [3.63, 3.8) is 0 Å². The fraction of sp³-hybridized carbons (Fsp3) is 0.500. The molecule has 1 saturated heterocycles. The van der Waals surface area contributed by atoms with E-state index in [4.69, 9.17) is 5.73 Å². The first-order chi connectivity index (χ1) is 17.2. The number of hydrogen-bond acceptors (Lipinski definition) is 5. The zero-order valence-corrected chi connectivity index (χ0v) is 22.7. The Kier molecular flexibility index (Phi) is 11.1. The van der Waals surface area contributed by atoms with Crippen LogP contribution in [0.5, 0.6) is 0 Å². The van der Waals surface area contributed by atoms with Crippen molar-refractivity contribution in [2.45, 2.75) is 65.0 Å². The van der Waals surface area contributed by atoms with Gasteiger partial charge < -0.3 is 21.3 Å². The summed E-state index contributed by atoms with van der Waals surface area (Å²) in [7, 11) is 0. The molecule has 1 fully saturated rings. The minimum atomic E-state index is -0.822. The van der Waals surface area contributed by atoms with Gasteiger partial charge in [-0.2, -0.15) is 0 Å². The Bertz CT molecular complexity index is 1120.